The van der Waals surface area contributed by atoms with Gasteiger partial charge in [0.2, 0.25) is 0 Å². The van der Waals surface area contributed by atoms with Gasteiger partial charge in [0.15, 0.2) is 5.65 Å². The topological polar surface area (TPSA) is 124 Å². The summed E-state index contributed by atoms with van der Waals surface area (Å²) < 4.78 is 6.87. The summed E-state index contributed by atoms with van der Waals surface area (Å²) in [7, 11) is 1.65. The Morgan fingerprint density at radius 2 is 1.83 bits per heavy atom. The number of benzene rings is 2. The van der Waals surface area contributed by atoms with Crippen molar-refractivity contribution in [1.29, 1.82) is 0 Å². The molecule has 4 aromatic rings. The minimum absolute atomic E-state index is 0.234. The average Bonchev–Trinajstić information content (AvgIpc) is 3.33. The van der Waals surface area contributed by atoms with E-state index in [0.29, 0.717) is 18.0 Å². The minimum atomic E-state index is -0.580. The Labute approximate surface area is 210 Å². The van der Waals surface area contributed by atoms with E-state index in [0.717, 1.165) is 48.4 Å². The molecule has 1 amide bonds. The van der Waals surface area contributed by atoms with E-state index in [1.54, 1.807) is 11.6 Å². The standard InChI is InChI=1S/C27H31N7O2/c1-36-22-13-7-18(8-14-22)17-33(21-5-3-2-4-6-21)23-15-25(31-20-11-9-19(28)10-12-20)32-34-24(26(29)35)16-30-27(23)34/h2-8,13-16,19-20H,9-12,17,28H2,1H3,(H2,29,35)(H,31,32)/t19-,20-. The third-order valence-electron chi connectivity index (χ3n) is 6.68. The lowest BCUT2D eigenvalue weighted by Gasteiger charge is -2.29. The van der Waals surface area contributed by atoms with E-state index in [1.807, 2.05) is 60.7 Å². The van der Waals surface area contributed by atoms with Crippen molar-refractivity contribution in [3.8, 4) is 5.75 Å². The zero-order valence-corrected chi connectivity index (χ0v) is 20.3. The second-order valence-corrected chi connectivity index (χ2v) is 9.18. The van der Waals surface area contributed by atoms with Crippen molar-refractivity contribution in [3.63, 3.8) is 0 Å². The number of para-hydroxylation sites is 1. The largest absolute Gasteiger partial charge is 0.497 e. The van der Waals surface area contributed by atoms with Gasteiger partial charge in [-0.25, -0.2) is 9.50 Å². The Kier molecular flexibility index (Phi) is 6.73. The fourth-order valence-electron chi connectivity index (χ4n) is 4.70. The van der Waals surface area contributed by atoms with Crippen molar-refractivity contribution in [2.24, 2.45) is 11.5 Å². The second kappa shape index (κ2) is 10.2. The van der Waals surface area contributed by atoms with Crippen LogP contribution in [0.4, 0.5) is 17.2 Å². The van der Waals surface area contributed by atoms with Gasteiger partial charge >= 0.3 is 0 Å². The smallest absolute Gasteiger partial charge is 0.269 e. The Hall–Kier alpha value is -4.11. The molecular weight excluding hydrogens is 454 g/mol. The molecule has 0 atom stereocenters. The molecule has 0 bridgehead atoms. The third kappa shape index (κ3) is 4.96. The van der Waals surface area contributed by atoms with Gasteiger partial charge in [0.25, 0.3) is 5.91 Å². The molecule has 0 unspecified atom stereocenters. The Morgan fingerprint density at radius 3 is 2.50 bits per heavy atom. The highest BCUT2D eigenvalue weighted by molar-refractivity contribution is 5.93. The summed E-state index contributed by atoms with van der Waals surface area (Å²) in [5.41, 5.74) is 15.4. The number of fused-ring (bicyclic) bond motifs is 1. The van der Waals surface area contributed by atoms with Gasteiger partial charge in [-0.15, -0.1) is 5.10 Å². The van der Waals surface area contributed by atoms with Crippen molar-refractivity contribution < 1.29 is 9.53 Å². The number of carbonyl (C=O) groups excluding carboxylic acids is 1. The predicted molar refractivity (Wildman–Crippen MR) is 141 cm³/mol. The van der Waals surface area contributed by atoms with Crippen molar-refractivity contribution in [1.82, 2.24) is 14.6 Å². The Morgan fingerprint density at radius 1 is 1.11 bits per heavy atom. The highest BCUT2D eigenvalue weighted by Crippen LogP contribution is 2.33. The number of hydrogen-bond acceptors (Lipinski definition) is 7. The van der Waals surface area contributed by atoms with Gasteiger partial charge in [-0.3, -0.25) is 4.79 Å². The molecule has 2 heterocycles. The lowest BCUT2D eigenvalue weighted by atomic mass is 9.92. The quantitative estimate of drug-likeness (QED) is 0.346. The number of ether oxygens (including phenoxy) is 1. The number of nitrogens with one attached hydrogen (secondary N) is 1. The summed E-state index contributed by atoms with van der Waals surface area (Å²) in [6, 6.07) is 20.6. The van der Waals surface area contributed by atoms with Crippen molar-refractivity contribution >= 4 is 28.7 Å². The van der Waals surface area contributed by atoms with Gasteiger partial charge in [-0.1, -0.05) is 30.3 Å². The zero-order chi connectivity index (χ0) is 25.1. The van der Waals surface area contributed by atoms with E-state index in [2.05, 4.69) is 15.2 Å². The van der Waals surface area contributed by atoms with Crippen LogP contribution in [0.15, 0.2) is 66.9 Å². The molecule has 0 radical (unpaired) electrons. The first-order chi connectivity index (χ1) is 17.5. The maximum atomic E-state index is 12.2. The number of aromatic nitrogens is 3. The van der Waals surface area contributed by atoms with E-state index < -0.39 is 5.91 Å². The molecule has 9 nitrogen and oxygen atoms in total. The first kappa shape index (κ1) is 23.6. The van der Waals surface area contributed by atoms with Gasteiger partial charge in [0.05, 0.1) is 19.0 Å². The number of anilines is 3. The molecule has 186 valence electrons. The van der Waals surface area contributed by atoms with E-state index in [4.69, 9.17) is 21.3 Å². The van der Waals surface area contributed by atoms with Crippen molar-refractivity contribution in [2.45, 2.75) is 44.3 Å². The van der Waals surface area contributed by atoms with Crippen LogP contribution in [0.2, 0.25) is 0 Å². The van der Waals surface area contributed by atoms with E-state index in [1.165, 1.54) is 6.20 Å². The second-order valence-electron chi connectivity index (χ2n) is 9.18. The van der Waals surface area contributed by atoms with Crippen LogP contribution in [0, 0.1) is 0 Å². The zero-order valence-electron chi connectivity index (χ0n) is 20.3. The number of primary amides is 1. The van der Waals surface area contributed by atoms with Crippen LogP contribution in [0.1, 0.15) is 41.7 Å². The first-order valence-electron chi connectivity index (χ1n) is 12.2. The van der Waals surface area contributed by atoms with E-state index in [-0.39, 0.29) is 17.8 Å². The predicted octanol–water partition coefficient (Wildman–Crippen LogP) is 3.86. The number of carbonyl (C=O) groups is 1. The number of methoxy groups -OCH3 is 1. The van der Waals surface area contributed by atoms with Gasteiger partial charge in [0, 0.05) is 30.4 Å². The molecule has 9 heteroatoms. The molecule has 1 saturated carbocycles. The molecular formula is C27H31N7O2. The molecule has 36 heavy (non-hydrogen) atoms. The lowest BCUT2D eigenvalue weighted by Crippen LogP contribution is -2.33. The van der Waals surface area contributed by atoms with Crippen molar-refractivity contribution in [3.05, 3.63) is 78.1 Å². The van der Waals surface area contributed by atoms with Gasteiger partial charge in [-0.2, -0.15) is 0 Å². The van der Waals surface area contributed by atoms with Crippen LogP contribution in [0.5, 0.6) is 5.75 Å². The van der Waals surface area contributed by atoms with Gasteiger partial charge < -0.3 is 26.4 Å². The molecule has 1 aliphatic carbocycles. The summed E-state index contributed by atoms with van der Waals surface area (Å²) >= 11 is 0. The number of hydrogen-bond donors (Lipinski definition) is 3. The van der Waals surface area contributed by atoms with Crippen LogP contribution in [0.3, 0.4) is 0 Å². The lowest BCUT2D eigenvalue weighted by molar-refractivity contribution is 0.0993. The average molecular weight is 486 g/mol. The SMILES string of the molecule is COc1ccc(CN(c2ccccc2)c2cc(N[C@H]3CC[C@H](N)CC3)nn3c(C(N)=O)cnc23)cc1. The molecule has 1 fully saturated rings. The summed E-state index contributed by atoms with van der Waals surface area (Å²) in [6.45, 7) is 0.574. The molecule has 0 spiro atoms. The molecule has 5 N–H and O–H groups in total. The molecule has 2 aromatic heterocycles. The third-order valence-corrected chi connectivity index (χ3v) is 6.68. The number of nitrogens with zero attached hydrogens (tertiary/aromatic N) is 4. The van der Waals surface area contributed by atoms with Gasteiger partial charge in [0.1, 0.15) is 17.3 Å². The monoisotopic (exact) mass is 485 g/mol. The maximum absolute atomic E-state index is 12.2. The molecule has 0 aliphatic heterocycles. The van der Waals surface area contributed by atoms with Gasteiger partial charge in [-0.05, 0) is 55.5 Å². The summed E-state index contributed by atoms with van der Waals surface area (Å²) in [5, 5.41) is 8.27. The minimum Gasteiger partial charge on any atom is -0.497 e. The van der Waals surface area contributed by atoms with Crippen LogP contribution in [-0.4, -0.2) is 39.7 Å². The maximum Gasteiger partial charge on any atom is 0.269 e. The molecule has 0 saturated heterocycles. The molecule has 1 aliphatic rings. The summed E-state index contributed by atoms with van der Waals surface area (Å²) in [5.74, 6) is 0.881. The summed E-state index contributed by atoms with van der Waals surface area (Å²) in [4.78, 5) is 18.9. The van der Waals surface area contributed by atoms with Crippen molar-refractivity contribution in [2.75, 3.05) is 17.3 Å². The van der Waals surface area contributed by atoms with Crippen LogP contribution >= 0.6 is 0 Å². The number of rotatable bonds is 8. The highest BCUT2D eigenvalue weighted by Gasteiger charge is 2.23. The molecule has 5 rings (SSSR count). The number of nitrogens with two attached hydrogens (primary N) is 2. The fourth-order valence-corrected chi connectivity index (χ4v) is 4.70. The first-order valence-corrected chi connectivity index (χ1v) is 12.2. The summed E-state index contributed by atoms with van der Waals surface area (Å²) in [6.07, 6.45) is 5.36. The Balaban J connectivity index is 1.60. The Bertz CT molecular complexity index is 1330. The highest BCUT2D eigenvalue weighted by atomic mass is 16.5. The van der Waals surface area contributed by atoms with Crippen LogP contribution in [0.25, 0.3) is 5.65 Å². The van der Waals surface area contributed by atoms with Crippen LogP contribution < -0.4 is 26.4 Å². The normalized spacial score (nSPS) is 17.6. The fraction of sp³-hybridized carbons (Fsp3) is 0.296. The van der Waals surface area contributed by atoms with E-state index in [9.17, 15) is 4.79 Å². The number of amides is 1. The van der Waals surface area contributed by atoms with Crippen LogP contribution in [-0.2, 0) is 6.54 Å². The molecule has 2 aromatic carbocycles. The van der Waals surface area contributed by atoms with E-state index >= 15 is 0 Å². The number of imidazole rings is 1.